The summed E-state index contributed by atoms with van der Waals surface area (Å²) in [6, 6.07) is 6.58. The molecule has 0 aliphatic carbocycles. The first-order valence-corrected chi connectivity index (χ1v) is 7.80. The van der Waals surface area contributed by atoms with Gasteiger partial charge < -0.3 is 19.5 Å². The zero-order valence-corrected chi connectivity index (χ0v) is 13.5. The standard InChI is InChI=1S/C17H23NO5/c1-12(2)10-23-15-5-3-4-13(8-15)17(21)18-6-7-22-11-14(18)9-16(19)20/h3-5,8,12,14H,6-7,9-11H2,1-2H3,(H,19,20). The van der Waals surface area contributed by atoms with Gasteiger partial charge in [-0.15, -0.1) is 0 Å². The number of hydrogen-bond acceptors (Lipinski definition) is 4. The van der Waals surface area contributed by atoms with Crippen molar-refractivity contribution in [3.63, 3.8) is 0 Å². The number of aliphatic carboxylic acids is 1. The summed E-state index contributed by atoms with van der Waals surface area (Å²) < 4.78 is 11.0. The van der Waals surface area contributed by atoms with Crippen LogP contribution in [0.2, 0.25) is 0 Å². The number of carbonyl (C=O) groups is 2. The van der Waals surface area contributed by atoms with E-state index >= 15 is 0 Å². The van der Waals surface area contributed by atoms with E-state index in [4.69, 9.17) is 14.6 Å². The highest BCUT2D eigenvalue weighted by Gasteiger charge is 2.29. The third kappa shape index (κ3) is 4.96. The molecule has 1 aromatic carbocycles. The minimum Gasteiger partial charge on any atom is -0.493 e. The molecule has 1 aromatic rings. The van der Waals surface area contributed by atoms with Crippen LogP contribution < -0.4 is 4.74 Å². The Morgan fingerprint density at radius 2 is 2.22 bits per heavy atom. The van der Waals surface area contributed by atoms with Crippen molar-refractivity contribution < 1.29 is 24.2 Å². The Morgan fingerprint density at radius 3 is 2.91 bits per heavy atom. The van der Waals surface area contributed by atoms with Gasteiger partial charge in [-0.3, -0.25) is 9.59 Å². The molecule has 1 atom stereocenters. The summed E-state index contributed by atoms with van der Waals surface area (Å²) in [6.45, 7) is 5.76. The van der Waals surface area contributed by atoms with Gasteiger partial charge in [0, 0.05) is 12.1 Å². The van der Waals surface area contributed by atoms with E-state index in [0.29, 0.717) is 37.0 Å². The van der Waals surface area contributed by atoms with Crippen molar-refractivity contribution in [1.82, 2.24) is 4.90 Å². The van der Waals surface area contributed by atoms with Crippen LogP contribution >= 0.6 is 0 Å². The van der Waals surface area contributed by atoms with E-state index < -0.39 is 12.0 Å². The minimum atomic E-state index is -0.938. The second kappa shape index (κ2) is 7.97. The highest BCUT2D eigenvalue weighted by atomic mass is 16.5. The summed E-state index contributed by atoms with van der Waals surface area (Å²) in [5, 5.41) is 8.99. The summed E-state index contributed by atoms with van der Waals surface area (Å²) in [5.74, 6) is -0.0805. The van der Waals surface area contributed by atoms with Crippen LogP contribution in [-0.2, 0) is 9.53 Å². The van der Waals surface area contributed by atoms with Crippen molar-refractivity contribution >= 4 is 11.9 Å². The highest BCUT2D eigenvalue weighted by molar-refractivity contribution is 5.95. The van der Waals surface area contributed by atoms with Gasteiger partial charge >= 0.3 is 5.97 Å². The Bertz CT molecular complexity index is 558. The predicted octanol–water partition coefficient (Wildman–Crippen LogP) is 2.04. The fraction of sp³-hybridized carbons (Fsp3) is 0.529. The van der Waals surface area contributed by atoms with Crippen molar-refractivity contribution in [2.45, 2.75) is 26.3 Å². The molecule has 0 bridgehead atoms. The third-order valence-corrected chi connectivity index (χ3v) is 3.56. The van der Waals surface area contributed by atoms with E-state index in [2.05, 4.69) is 13.8 Å². The molecule has 23 heavy (non-hydrogen) atoms. The quantitative estimate of drug-likeness (QED) is 0.867. The molecule has 1 aliphatic rings. The highest BCUT2D eigenvalue weighted by Crippen LogP contribution is 2.19. The largest absolute Gasteiger partial charge is 0.493 e. The number of rotatable bonds is 6. The maximum Gasteiger partial charge on any atom is 0.305 e. The molecule has 1 aliphatic heterocycles. The average molecular weight is 321 g/mol. The van der Waals surface area contributed by atoms with Crippen LogP contribution in [0.1, 0.15) is 30.6 Å². The molecule has 1 amide bonds. The Morgan fingerprint density at radius 1 is 1.43 bits per heavy atom. The lowest BCUT2D eigenvalue weighted by molar-refractivity contribution is -0.139. The van der Waals surface area contributed by atoms with Crippen LogP contribution in [0.5, 0.6) is 5.75 Å². The summed E-state index contributed by atoms with van der Waals surface area (Å²) in [6.07, 6.45) is -0.116. The molecule has 0 radical (unpaired) electrons. The van der Waals surface area contributed by atoms with Gasteiger partial charge in [0.05, 0.1) is 32.3 Å². The molecule has 6 nitrogen and oxygen atoms in total. The molecule has 2 rings (SSSR count). The molecule has 126 valence electrons. The van der Waals surface area contributed by atoms with E-state index in [9.17, 15) is 9.59 Å². The van der Waals surface area contributed by atoms with E-state index in [1.54, 1.807) is 23.1 Å². The van der Waals surface area contributed by atoms with Gasteiger partial charge in [0.15, 0.2) is 0 Å². The summed E-state index contributed by atoms with van der Waals surface area (Å²) in [5.41, 5.74) is 0.503. The molecule has 1 N–H and O–H groups in total. The number of benzene rings is 1. The molecule has 1 unspecified atom stereocenters. The number of amides is 1. The van der Waals surface area contributed by atoms with Gasteiger partial charge in [-0.05, 0) is 24.1 Å². The average Bonchev–Trinajstić information content (AvgIpc) is 2.52. The van der Waals surface area contributed by atoms with Crippen molar-refractivity contribution in [2.75, 3.05) is 26.4 Å². The van der Waals surface area contributed by atoms with E-state index in [-0.39, 0.29) is 18.9 Å². The Kier molecular flexibility index (Phi) is 5.98. The van der Waals surface area contributed by atoms with Gasteiger partial charge in [0.25, 0.3) is 5.91 Å². The van der Waals surface area contributed by atoms with Crippen LogP contribution in [0.25, 0.3) is 0 Å². The monoisotopic (exact) mass is 321 g/mol. The molecule has 0 saturated carbocycles. The van der Waals surface area contributed by atoms with Gasteiger partial charge in [0.2, 0.25) is 0 Å². The van der Waals surface area contributed by atoms with E-state index in [0.717, 1.165) is 0 Å². The summed E-state index contributed by atoms with van der Waals surface area (Å²) in [7, 11) is 0. The number of nitrogens with zero attached hydrogens (tertiary/aromatic N) is 1. The van der Waals surface area contributed by atoms with E-state index in [1.807, 2.05) is 6.07 Å². The van der Waals surface area contributed by atoms with Gasteiger partial charge in [-0.1, -0.05) is 19.9 Å². The van der Waals surface area contributed by atoms with Crippen LogP contribution in [0.3, 0.4) is 0 Å². The van der Waals surface area contributed by atoms with Crippen molar-refractivity contribution in [1.29, 1.82) is 0 Å². The number of carboxylic acid groups (broad SMARTS) is 1. The van der Waals surface area contributed by atoms with Gasteiger partial charge in [0.1, 0.15) is 5.75 Å². The van der Waals surface area contributed by atoms with Crippen molar-refractivity contribution in [2.24, 2.45) is 5.92 Å². The zero-order valence-electron chi connectivity index (χ0n) is 13.5. The lowest BCUT2D eigenvalue weighted by Gasteiger charge is -2.35. The molecule has 0 aromatic heterocycles. The molecule has 1 saturated heterocycles. The zero-order chi connectivity index (χ0) is 16.8. The smallest absolute Gasteiger partial charge is 0.305 e. The van der Waals surface area contributed by atoms with Crippen LogP contribution in [0.15, 0.2) is 24.3 Å². The first-order valence-electron chi connectivity index (χ1n) is 7.80. The van der Waals surface area contributed by atoms with Crippen LogP contribution in [0, 0.1) is 5.92 Å². The number of morpholine rings is 1. The normalized spacial score (nSPS) is 18.0. The Balaban J connectivity index is 2.11. The second-order valence-corrected chi connectivity index (χ2v) is 6.06. The van der Waals surface area contributed by atoms with Gasteiger partial charge in [-0.25, -0.2) is 0 Å². The summed E-state index contributed by atoms with van der Waals surface area (Å²) in [4.78, 5) is 25.2. The molecule has 0 spiro atoms. The summed E-state index contributed by atoms with van der Waals surface area (Å²) >= 11 is 0. The number of ether oxygens (including phenoxy) is 2. The van der Waals surface area contributed by atoms with Crippen molar-refractivity contribution in [3.05, 3.63) is 29.8 Å². The Hall–Kier alpha value is -2.08. The molecule has 1 fully saturated rings. The lowest BCUT2D eigenvalue weighted by atomic mass is 10.1. The maximum absolute atomic E-state index is 12.7. The maximum atomic E-state index is 12.7. The topological polar surface area (TPSA) is 76.1 Å². The SMILES string of the molecule is CC(C)COc1cccc(C(=O)N2CCOCC2CC(=O)O)c1. The lowest BCUT2D eigenvalue weighted by Crippen LogP contribution is -2.49. The first-order chi connectivity index (χ1) is 11.0. The van der Waals surface area contributed by atoms with Crippen LogP contribution in [0.4, 0.5) is 0 Å². The number of carboxylic acids is 1. The Labute approximate surface area is 136 Å². The fourth-order valence-corrected chi connectivity index (χ4v) is 2.44. The van der Waals surface area contributed by atoms with Gasteiger partial charge in [-0.2, -0.15) is 0 Å². The first kappa shape index (κ1) is 17.3. The fourth-order valence-electron chi connectivity index (χ4n) is 2.44. The van der Waals surface area contributed by atoms with Crippen LogP contribution in [-0.4, -0.2) is 54.3 Å². The third-order valence-electron chi connectivity index (χ3n) is 3.56. The second-order valence-electron chi connectivity index (χ2n) is 6.06. The molecular weight excluding hydrogens is 298 g/mol. The minimum absolute atomic E-state index is 0.116. The molecular formula is C17H23NO5. The van der Waals surface area contributed by atoms with E-state index in [1.165, 1.54) is 0 Å². The number of hydrogen-bond donors (Lipinski definition) is 1. The van der Waals surface area contributed by atoms with Crippen molar-refractivity contribution in [3.8, 4) is 5.75 Å². The molecule has 6 heteroatoms. The number of carbonyl (C=O) groups excluding carboxylic acids is 1. The predicted molar refractivity (Wildman–Crippen MR) is 84.7 cm³/mol. The molecule has 1 heterocycles.